The monoisotopic (exact) mass is 201 g/mol. The van der Waals surface area contributed by atoms with Gasteiger partial charge in [-0.3, -0.25) is 0 Å². The van der Waals surface area contributed by atoms with Crippen LogP contribution in [-0.4, -0.2) is 26.1 Å². The molecule has 1 saturated heterocycles. The van der Waals surface area contributed by atoms with Crippen LogP contribution in [0.25, 0.3) is 0 Å². The van der Waals surface area contributed by atoms with Gasteiger partial charge in [-0.1, -0.05) is 6.92 Å². The molecule has 2 unspecified atom stereocenters. The smallest absolute Gasteiger partial charge is 0.448 e. The molecule has 2 aliphatic rings. The summed E-state index contributed by atoms with van der Waals surface area (Å²) in [5, 5.41) is -2.86. The number of halogens is 5. The van der Waals surface area contributed by atoms with Crippen molar-refractivity contribution in [3.05, 3.63) is 0 Å². The van der Waals surface area contributed by atoms with E-state index in [1.165, 1.54) is 0 Å². The highest BCUT2D eigenvalue weighted by molar-refractivity contribution is 6.64. The zero-order chi connectivity index (χ0) is 10.1. The first-order valence-corrected chi connectivity index (χ1v) is 3.86. The molecule has 0 N–H and O–H groups in total. The number of hydrogen-bond donors (Lipinski definition) is 0. The zero-order valence-corrected chi connectivity index (χ0v) is 6.79. The minimum absolute atomic E-state index is 0.499. The topological polar surface area (TPSA) is 9.23 Å². The lowest BCUT2D eigenvalue weighted by Gasteiger charge is -2.24. The summed E-state index contributed by atoms with van der Waals surface area (Å²) in [5.74, 6) is -3.64. The molecular weight excluding hydrogens is 194 g/mol. The second kappa shape index (κ2) is 1.87. The second-order valence-electron chi connectivity index (χ2n) is 3.95. The molecule has 2 rings (SSSR count). The summed E-state index contributed by atoms with van der Waals surface area (Å²) >= 11 is 0. The van der Waals surface area contributed by atoms with Gasteiger partial charge >= 0.3 is 6.98 Å². The predicted octanol–water partition coefficient (Wildman–Crippen LogP) is 2.26. The van der Waals surface area contributed by atoms with Gasteiger partial charge in [0.15, 0.2) is 0 Å². The minimum Gasteiger partial charge on any atom is -0.448 e. The maximum absolute atomic E-state index is 13.0. The molecule has 0 radical (unpaired) electrons. The highest BCUT2D eigenvalue weighted by Crippen LogP contribution is 2.87. The molecule has 0 aromatic heterocycles. The summed E-state index contributed by atoms with van der Waals surface area (Å²) in [5.41, 5.74) is -2.02. The van der Waals surface area contributed by atoms with E-state index in [1.807, 2.05) is 0 Å². The average molecular weight is 201 g/mol. The zero-order valence-electron chi connectivity index (χ0n) is 6.79. The second-order valence-corrected chi connectivity index (χ2v) is 3.95. The van der Waals surface area contributed by atoms with Crippen LogP contribution >= 0.6 is 0 Å². The van der Waals surface area contributed by atoms with E-state index in [-0.39, 0.29) is 0 Å². The van der Waals surface area contributed by atoms with Gasteiger partial charge in [0.1, 0.15) is 0 Å². The van der Waals surface area contributed by atoms with Crippen LogP contribution < -0.4 is 0 Å². The average Bonchev–Trinajstić information content (AvgIpc) is 2.27. The summed E-state index contributed by atoms with van der Waals surface area (Å²) < 4.78 is 67.8. The van der Waals surface area contributed by atoms with Gasteiger partial charge in [-0.2, -0.15) is 0 Å². The molecule has 0 aromatic carbocycles. The number of alkyl halides is 2. The quantitative estimate of drug-likeness (QED) is 0.466. The van der Waals surface area contributed by atoms with E-state index in [0.717, 1.165) is 6.92 Å². The van der Waals surface area contributed by atoms with Gasteiger partial charge in [-0.15, -0.1) is 0 Å². The summed E-state index contributed by atoms with van der Waals surface area (Å²) in [6.45, 7) is -6.00. The van der Waals surface area contributed by atoms with Crippen LogP contribution in [-0.2, 0) is 4.74 Å². The molecule has 0 amide bonds. The highest BCUT2D eigenvalue weighted by atomic mass is 19.4. The van der Waals surface area contributed by atoms with Crippen molar-refractivity contribution >= 4 is 6.98 Å². The van der Waals surface area contributed by atoms with Crippen molar-refractivity contribution in [3.63, 3.8) is 0 Å². The lowest BCUT2D eigenvalue weighted by atomic mass is 9.65. The Morgan fingerprint density at radius 3 is 1.92 bits per heavy atom. The van der Waals surface area contributed by atoms with Gasteiger partial charge in [-0.05, 0) is 0 Å². The van der Waals surface area contributed by atoms with E-state index in [9.17, 15) is 21.7 Å². The Labute approximate surface area is 71.3 Å². The maximum atomic E-state index is 13.0. The number of ether oxygens (including phenoxy) is 1. The third-order valence-corrected chi connectivity index (χ3v) is 3.45. The largest absolute Gasteiger partial charge is 0.493 e. The molecule has 1 aliphatic heterocycles. The van der Waals surface area contributed by atoms with Crippen molar-refractivity contribution < 1.29 is 26.5 Å². The number of rotatable bonds is 1. The molecule has 76 valence electrons. The minimum atomic E-state index is -5.55. The third kappa shape index (κ3) is 0.629. The fourth-order valence-electron chi connectivity index (χ4n) is 2.34. The van der Waals surface area contributed by atoms with Gasteiger partial charge in [0.25, 0.3) is 0 Å². The van der Waals surface area contributed by atoms with Gasteiger partial charge < -0.3 is 17.7 Å². The van der Waals surface area contributed by atoms with Crippen LogP contribution in [0.2, 0.25) is 5.31 Å². The number of hydrogen-bond acceptors (Lipinski definition) is 1. The Bertz CT molecular complexity index is 264. The van der Waals surface area contributed by atoms with E-state index in [4.69, 9.17) is 0 Å². The molecule has 0 spiro atoms. The number of fused-ring (bicyclic) bond motifs is 1. The molecule has 7 heteroatoms. The summed E-state index contributed by atoms with van der Waals surface area (Å²) in [4.78, 5) is 0. The molecule has 1 heterocycles. The fourth-order valence-corrected chi connectivity index (χ4v) is 2.34. The SMILES string of the molecule is CC12COCC1([B-](F)(F)F)C2(F)F. The first kappa shape index (κ1) is 9.24. The van der Waals surface area contributed by atoms with Crippen molar-refractivity contribution in [2.24, 2.45) is 5.41 Å². The van der Waals surface area contributed by atoms with Crippen LogP contribution in [0.5, 0.6) is 0 Å². The van der Waals surface area contributed by atoms with Crippen LogP contribution in [0.15, 0.2) is 0 Å². The van der Waals surface area contributed by atoms with Gasteiger partial charge in [-0.25, -0.2) is 8.78 Å². The third-order valence-electron chi connectivity index (χ3n) is 3.45. The Kier molecular flexibility index (Phi) is 1.33. The normalized spacial score (nSPS) is 47.5. The van der Waals surface area contributed by atoms with Crippen molar-refractivity contribution in [1.82, 2.24) is 0 Å². The predicted molar refractivity (Wildman–Crippen MR) is 35.6 cm³/mol. The van der Waals surface area contributed by atoms with E-state index in [2.05, 4.69) is 4.74 Å². The molecule has 13 heavy (non-hydrogen) atoms. The molecule has 1 saturated carbocycles. The van der Waals surface area contributed by atoms with Crippen molar-refractivity contribution in [2.45, 2.75) is 18.2 Å². The van der Waals surface area contributed by atoms with Crippen LogP contribution in [0.3, 0.4) is 0 Å². The first-order valence-electron chi connectivity index (χ1n) is 3.86. The Hall–Kier alpha value is -0.325. The molecule has 0 bridgehead atoms. The van der Waals surface area contributed by atoms with E-state index >= 15 is 0 Å². The van der Waals surface area contributed by atoms with Crippen molar-refractivity contribution in [2.75, 3.05) is 13.2 Å². The van der Waals surface area contributed by atoms with Crippen molar-refractivity contribution in [3.8, 4) is 0 Å². The molecular formula is C6H7BF5O-. The van der Waals surface area contributed by atoms with E-state index in [1.54, 1.807) is 0 Å². The molecule has 2 fully saturated rings. The fraction of sp³-hybridized carbons (Fsp3) is 1.00. The first-order chi connectivity index (χ1) is 5.71. The Morgan fingerprint density at radius 1 is 1.15 bits per heavy atom. The van der Waals surface area contributed by atoms with E-state index < -0.39 is 36.8 Å². The van der Waals surface area contributed by atoms with Gasteiger partial charge in [0, 0.05) is 17.3 Å². The molecule has 1 nitrogen and oxygen atoms in total. The molecule has 2 atom stereocenters. The van der Waals surface area contributed by atoms with Crippen molar-refractivity contribution in [1.29, 1.82) is 0 Å². The van der Waals surface area contributed by atoms with Crippen LogP contribution in [0.1, 0.15) is 6.92 Å². The van der Waals surface area contributed by atoms with E-state index in [0.29, 0.717) is 0 Å². The molecule has 1 aliphatic carbocycles. The summed E-state index contributed by atoms with van der Waals surface area (Å²) in [7, 11) is 0. The standard InChI is InChI=1S/C6H7BF5O/c1-4-2-13-3-5(4,6(4,8)9)7(10,11)12/h2-3H2,1H3/q-1. The summed E-state index contributed by atoms with van der Waals surface area (Å²) in [6, 6.07) is 0. The Balaban J connectivity index is 2.46. The lowest BCUT2D eigenvalue weighted by molar-refractivity contribution is -0.00753. The lowest BCUT2D eigenvalue weighted by Crippen LogP contribution is -2.33. The van der Waals surface area contributed by atoms with Crippen LogP contribution in [0, 0.1) is 5.41 Å². The maximum Gasteiger partial charge on any atom is 0.493 e. The summed E-state index contributed by atoms with van der Waals surface area (Å²) in [6.07, 6.45) is 0. The highest BCUT2D eigenvalue weighted by Gasteiger charge is 2.95. The van der Waals surface area contributed by atoms with Crippen LogP contribution in [0.4, 0.5) is 21.7 Å². The molecule has 0 aromatic rings. The Morgan fingerprint density at radius 2 is 1.69 bits per heavy atom. The van der Waals surface area contributed by atoms with Gasteiger partial charge in [0.05, 0.1) is 6.61 Å². The van der Waals surface area contributed by atoms with Gasteiger partial charge in [0.2, 0.25) is 5.92 Å².